The topological polar surface area (TPSA) is 66.3 Å². The SMILES string of the molecule is CCN(CCCO)C(=O)c1nc(SC)ncc1Cl. The number of rotatable bonds is 6. The van der Waals surface area contributed by atoms with Crippen molar-refractivity contribution in [2.45, 2.75) is 18.5 Å². The monoisotopic (exact) mass is 289 g/mol. The molecule has 100 valence electrons. The first kappa shape index (κ1) is 15.2. The van der Waals surface area contributed by atoms with E-state index in [9.17, 15) is 4.79 Å². The van der Waals surface area contributed by atoms with Gasteiger partial charge in [-0.15, -0.1) is 0 Å². The summed E-state index contributed by atoms with van der Waals surface area (Å²) in [6, 6.07) is 0. The third kappa shape index (κ3) is 3.83. The van der Waals surface area contributed by atoms with Crippen molar-refractivity contribution in [1.82, 2.24) is 14.9 Å². The summed E-state index contributed by atoms with van der Waals surface area (Å²) in [5.74, 6) is -0.228. The lowest BCUT2D eigenvalue weighted by molar-refractivity contribution is 0.0747. The summed E-state index contributed by atoms with van der Waals surface area (Å²) < 4.78 is 0. The van der Waals surface area contributed by atoms with E-state index in [0.717, 1.165) is 0 Å². The number of hydrogen-bond acceptors (Lipinski definition) is 5. The third-order valence-electron chi connectivity index (χ3n) is 2.36. The Kier molecular flexibility index (Phi) is 6.38. The van der Waals surface area contributed by atoms with Gasteiger partial charge in [0.25, 0.3) is 5.91 Å². The molecule has 0 bridgehead atoms. The number of carbonyl (C=O) groups is 1. The Morgan fingerprint density at radius 3 is 2.89 bits per heavy atom. The minimum Gasteiger partial charge on any atom is -0.396 e. The number of thioether (sulfide) groups is 1. The molecule has 0 aromatic carbocycles. The minimum absolute atomic E-state index is 0.0529. The summed E-state index contributed by atoms with van der Waals surface area (Å²) >= 11 is 7.31. The number of aliphatic hydroxyl groups is 1. The Morgan fingerprint density at radius 1 is 1.61 bits per heavy atom. The van der Waals surface area contributed by atoms with Gasteiger partial charge in [0.15, 0.2) is 10.9 Å². The van der Waals surface area contributed by atoms with Gasteiger partial charge in [-0.3, -0.25) is 4.79 Å². The van der Waals surface area contributed by atoms with Crippen LogP contribution in [0.1, 0.15) is 23.8 Å². The summed E-state index contributed by atoms with van der Waals surface area (Å²) in [5.41, 5.74) is 0.218. The van der Waals surface area contributed by atoms with Crippen molar-refractivity contribution in [1.29, 1.82) is 0 Å². The van der Waals surface area contributed by atoms with Crippen LogP contribution in [0.3, 0.4) is 0 Å². The Balaban J connectivity index is 2.93. The summed E-state index contributed by atoms with van der Waals surface area (Å²) in [7, 11) is 0. The van der Waals surface area contributed by atoms with Gasteiger partial charge in [-0.25, -0.2) is 9.97 Å². The van der Waals surface area contributed by atoms with E-state index in [1.165, 1.54) is 18.0 Å². The number of hydrogen-bond donors (Lipinski definition) is 1. The van der Waals surface area contributed by atoms with Gasteiger partial charge in [-0.2, -0.15) is 0 Å². The summed E-state index contributed by atoms with van der Waals surface area (Å²) in [6.45, 7) is 2.96. The molecule has 0 unspecified atom stereocenters. The smallest absolute Gasteiger partial charge is 0.274 e. The molecule has 1 aromatic heterocycles. The molecule has 1 aromatic rings. The van der Waals surface area contributed by atoms with E-state index in [-0.39, 0.29) is 23.2 Å². The van der Waals surface area contributed by atoms with Crippen LogP contribution >= 0.6 is 23.4 Å². The first-order valence-electron chi connectivity index (χ1n) is 5.60. The van der Waals surface area contributed by atoms with E-state index < -0.39 is 0 Å². The fourth-order valence-electron chi connectivity index (χ4n) is 1.41. The van der Waals surface area contributed by atoms with Crippen LogP contribution in [0.2, 0.25) is 5.02 Å². The highest BCUT2D eigenvalue weighted by molar-refractivity contribution is 7.98. The molecule has 0 radical (unpaired) electrons. The standard InChI is InChI=1S/C11H16ClN3O2S/c1-3-15(5-4-6-16)10(17)9-8(12)7-13-11(14-9)18-2/h7,16H,3-6H2,1-2H3. The first-order chi connectivity index (χ1) is 8.63. The summed E-state index contributed by atoms with van der Waals surface area (Å²) in [5, 5.41) is 9.57. The van der Waals surface area contributed by atoms with Gasteiger partial charge in [0.05, 0.1) is 11.2 Å². The molecule has 0 spiro atoms. The molecule has 0 aliphatic rings. The number of aliphatic hydroxyl groups excluding tert-OH is 1. The number of nitrogens with zero attached hydrogens (tertiary/aromatic N) is 3. The molecule has 5 nitrogen and oxygen atoms in total. The first-order valence-corrected chi connectivity index (χ1v) is 7.21. The molecular formula is C11H16ClN3O2S. The Bertz CT molecular complexity index is 417. The molecule has 0 aliphatic carbocycles. The van der Waals surface area contributed by atoms with Crippen LogP contribution in [-0.2, 0) is 0 Å². The lowest BCUT2D eigenvalue weighted by Gasteiger charge is -2.20. The Labute approximate surface area is 116 Å². The van der Waals surface area contributed by atoms with Crippen LogP contribution < -0.4 is 0 Å². The second-order valence-corrected chi connectivity index (χ2v) is 4.70. The Hall–Kier alpha value is -0.850. The molecule has 1 amide bonds. The zero-order chi connectivity index (χ0) is 13.5. The largest absolute Gasteiger partial charge is 0.396 e. The van der Waals surface area contributed by atoms with Crippen molar-refractivity contribution in [3.63, 3.8) is 0 Å². The van der Waals surface area contributed by atoms with Gasteiger partial charge in [-0.1, -0.05) is 23.4 Å². The van der Waals surface area contributed by atoms with Gasteiger partial charge in [0, 0.05) is 19.7 Å². The van der Waals surface area contributed by atoms with Crippen molar-refractivity contribution in [3.8, 4) is 0 Å². The molecule has 18 heavy (non-hydrogen) atoms. The van der Waals surface area contributed by atoms with Crippen molar-refractivity contribution in [2.75, 3.05) is 26.0 Å². The molecule has 0 saturated heterocycles. The van der Waals surface area contributed by atoms with Crippen LogP contribution in [0, 0.1) is 0 Å². The lowest BCUT2D eigenvalue weighted by atomic mass is 10.3. The summed E-state index contributed by atoms with van der Waals surface area (Å²) in [4.78, 5) is 22.0. The van der Waals surface area contributed by atoms with Crippen LogP contribution in [0.25, 0.3) is 0 Å². The van der Waals surface area contributed by atoms with Crippen molar-refractivity contribution in [2.24, 2.45) is 0 Å². The number of amides is 1. The molecule has 0 atom stereocenters. The van der Waals surface area contributed by atoms with Crippen LogP contribution in [0.4, 0.5) is 0 Å². The maximum absolute atomic E-state index is 12.2. The zero-order valence-electron chi connectivity index (χ0n) is 10.4. The van der Waals surface area contributed by atoms with Gasteiger partial charge in [0.2, 0.25) is 0 Å². The number of aromatic nitrogens is 2. The molecule has 0 saturated carbocycles. The number of halogens is 1. The average Bonchev–Trinajstić information content (AvgIpc) is 2.40. The quantitative estimate of drug-likeness (QED) is 0.638. The fraction of sp³-hybridized carbons (Fsp3) is 0.545. The maximum Gasteiger partial charge on any atom is 0.274 e. The Morgan fingerprint density at radius 2 is 2.33 bits per heavy atom. The van der Waals surface area contributed by atoms with E-state index in [2.05, 4.69) is 9.97 Å². The molecule has 7 heteroatoms. The van der Waals surface area contributed by atoms with E-state index in [4.69, 9.17) is 16.7 Å². The second kappa shape index (κ2) is 7.56. The third-order valence-corrected chi connectivity index (χ3v) is 3.20. The fourth-order valence-corrected chi connectivity index (χ4v) is 1.93. The molecule has 1 rings (SSSR count). The van der Waals surface area contributed by atoms with Gasteiger partial charge in [-0.05, 0) is 19.6 Å². The predicted octanol–water partition coefficient (Wildman–Crippen LogP) is 1.70. The molecule has 0 aliphatic heterocycles. The normalized spacial score (nSPS) is 10.4. The molecular weight excluding hydrogens is 274 g/mol. The van der Waals surface area contributed by atoms with E-state index in [1.54, 1.807) is 4.90 Å². The summed E-state index contributed by atoms with van der Waals surface area (Å²) in [6.07, 6.45) is 3.81. The van der Waals surface area contributed by atoms with E-state index in [1.807, 2.05) is 13.2 Å². The van der Waals surface area contributed by atoms with Crippen molar-refractivity contribution >= 4 is 29.3 Å². The lowest BCUT2D eigenvalue weighted by Crippen LogP contribution is -2.33. The van der Waals surface area contributed by atoms with Crippen LogP contribution in [-0.4, -0.2) is 51.8 Å². The van der Waals surface area contributed by atoms with Crippen molar-refractivity contribution in [3.05, 3.63) is 16.9 Å². The van der Waals surface area contributed by atoms with E-state index in [0.29, 0.717) is 24.7 Å². The van der Waals surface area contributed by atoms with Crippen LogP contribution in [0.15, 0.2) is 11.4 Å². The highest BCUT2D eigenvalue weighted by Crippen LogP contribution is 2.18. The maximum atomic E-state index is 12.2. The second-order valence-electron chi connectivity index (χ2n) is 3.52. The molecule has 1 heterocycles. The van der Waals surface area contributed by atoms with Crippen LogP contribution in [0.5, 0.6) is 0 Å². The van der Waals surface area contributed by atoms with Gasteiger partial charge in [0.1, 0.15) is 0 Å². The van der Waals surface area contributed by atoms with Crippen molar-refractivity contribution < 1.29 is 9.90 Å². The van der Waals surface area contributed by atoms with Gasteiger partial charge < -0.3 is 10.0 Å². The minimum atomic E-state index is -0.228. The highest BCUT2D eigenvalue weighted by Gasteiger charge is 2.19. The van der Waals surface area contributed by atoms with E-state index >= 15 is 0 Å². The van der Waals surface area contributed by atoms with Gasteiger partial charge >= 0.3 is 0 Å². The predicted molar refractivity (Wildman–Crippen MR) is 72.1 cm³/mol. The molecule has 0 fully saturated rings. The molecule has 1 N–H and O–H groups in total. The number of carbonyl (C=O) groups excluding carboxylic acids is 1. The highest BCUT2D eigenvalue weighted by atomic mass is 35.5. The average molecular weight is 290 g/mol. The zero-order valence-corrected chi connectivity index (χ0v) is 12.0.